The number of hydrogen-bond acceptors (Lipinski definition) is 5. The molecule has 0 aliphatic rings. The molecule has 0 bridgehead atoms. The van der Waals surface area contributed by atoms with Gasteiger partial charge in [-0.1, -0.05) is 18.2 Å². The number of nitrogens with zero attached hydrogens (tertiary/aromatic N) is 3. The number of nitrogens with one attached hydrogen (secondary N) is 2. The van der Waals surface area contributed by atoms with Crippen molar-refractivity contribution in [3.63, 3.8) is 0 Å². The fourth-order valence-corrected chi connectivity index (χ4v) is 2.74. The van der Waals surface area contributed by atoms with Gasteiger partial charge in [-0.05, 0) is 48.0 Å². The molecule has 4 rings (SSSR count). The molecule has 0 saturated carbocycles. The van der Waals surface area contributed by atoms with Crippen LogP contribution in [0.25, 0.3) is 0 Å². The van der Waals surface area contributed by atoms with Gasteiger partial charge in [0, 0.05) is 16.9 Å². The molecular weight excluding hydrogens is 370 g/mol. The maximum absolute atomic E-state index is 12.6. The predicted molar refractivity (Wildman–Crippen MR) is 107 cm³/mol. The molecule has 4 aromatic rings. The molecule has 0 fully saturated rings. The number of carbonyl (C=O) groups excluding carboxylic acids is 2. The van der Waals surface area contributed by atoms with Crippen LogP contribution in [0, 0.1) is 0 Å². The van der Waals surface area contributed by atoms with E-state index in [1.54, 1.807) is 47.4 Å². The van der Waals surface area contributed by atoms with E-state index >= 15 is 0 Å². The summed E-state index contributed by atoms with van der Waals surface area (Å²) in [5.41, 5.74) is 2.63. The number of carbonyl (C=O) groups is 2. The molecule has 2 aromatic heterocycles. The number of furan rings is 1. The van der Waals surface area contributed by atoms with Crippen LogP contribution in [0.5, 0.6) is 0 Å². The van der Waals surface area contributed by atoms with Gasteiger partial charge < -0.3 is 15.1 Å². The third-order valence-electron chi connectivity index (χ3n) is 4.15. The zero-order chi connectivity index (χ0) is 20.1. The number of anilines is 2. The maximum atomic E-state index is 12.6. The highest BCUT2D eigenvalue weighted by molar-refractivity contribution is 6.06. The Kier molecular flexibility index (Phi) is 5.15. The lowest BCUT2D eigenvalue weighted by Gasteiger charge is -2.09. The van der Waals surface area contributed by atoms with Crippen LogP contribution in [0.2, 0.25) is 0 Å². The fraction of sp³-hybridized carbons (Fsp3) is 0.0476. The number of rotatable bonds is 6. The minimum Gasteiger partial charge on any atom is -0.459 e. The Bertz CT molecular complexity index is 1100. The number of aromatic nitrogens is 3. The second-order valence-electron chi connectivity index (χ2n) is 6.26. The van der Waals surface area contributed by atoms with Gasteiger partial charge in [-0.2, -0.15) is 5.10 Å². The molecule has 0 aliphatic heterocycles. The molecule has 8 heteroatoms. The lowest BCUT2D eigenvalue weighted by molar-refractivity contribution is 0.0993. The van der Waals surface area contributed by atoms with Crippen LogP contribution < -0.4 is 10.6 Å². The Morgan fingerprint density at radius 2 is 1.76 bits per heavy atom. The Morgan fingerprint density at radius 1 is 0.931 bits per heavy atom. The van der Waals surface area contributed by atoms with E-state index in [2.05, 4.69) is 20.7 Å². The molecule has 2 aromatic carbocycles. The number of hydrogen-bond donors (Lipinski definition) is 2. The normalized spacial score (nSPS) is 10.5. The summed E-state index contributed by atoms with van der Waals surface area (Å²) in [6.45, 7) is 0.603. The van der Waals surface area contributed by atoms with Crippen molar-refractivity contribution >= 4 is 23.2 Å². The minimum atomic E-state index is -0.379. The van der Waals surface area contributed by atoms with Crippen LogP contribution in [0.15, 0.2) is 84.0 Å². The van der Waals surface area contributed by atoms with Gasteiger partial charge in [0.1, 0.15) is 12.7 Å². The van der Waals surface area contributed by atoms with E-state index < -0.39 is 0 Å². The van der Waals surface area contributed by atoms with Gasteiger partial charge in [0.25, 0.3) is 11.8 Å². The van der Waals surface area contributed by atoms with Crippen molar-refractivity contribution in [2.24, 2.45) is 0 Å². The van der Waals surface area contributed by atoms with Crippen LogP contribution in [0.1, 0.15) is 26.5 Å². The standard InChI is InChI=1S/C21H17N5O3/c27-20(24-17-8-6-15(7-9-17)12-26-14-22-13-23-26)16-3-1-4-18(11-16)25-21(28)19-5-2-10-29-19/h1-11,13-14H,12H2,(H,24,27)(H,25,28). The highest BCUT2D eigenvalue weighted by Gasteiger charge is 2.11. The van der Waals surface area contributed by atoms with Crippen LogP contribution in [-0.4, -0.2) is 26.6 Å². The highest BCUT2D eigenvalue weighted by Crippen LogP contribution is 2.16. The quantitative estimate of drug-likeness (QED) is 0.528. The second-order valence-corrected chi connectivity index (χ2v) is 6.26. The molecule has 144 valence electrons. The summed E-state index contributed by atoms with van der Waals surface area (Å²) in [5.74, 6) is -0.454. The summed E-state index contributed by atoms with van der Waals surface area (Å²) in [7, 11) is 0. The fourth-order valence-electron chi connectivity index (χ4n) is 2.74. The van der Waals surface area contributed by atoms with E-state index in [0.29, 0.717) is 23.5 Å². The van der Waals surface area contributed by atoms with Crippen molar-refractivity contribution in [3.8, 4) is 0 Å². The van der Waals surface area contributed by atoms with Crippen LogP contribution in [-0.2, 0) is 6.54 Å². The van der Waals surface area contributed by atoms with Crippen LogP contribution >= 0.6 is 0 Å². The third kappa shape index (κ3) is 4.56. The van der Waals surface area contributed by atoms with E-state index in [-0.39, 0.29) is 17.6 Å². The molecule has 0 spiro atoms. The van der Waals surface area contributed by atoms with Crippen LogP contribution in [0.3, 0.4) is 0 Å². The van der Waals surface area contributed by atoms with Crippen molar-refractivity contribution in [2.75, 3.05) is 10.6 Å². The van der Waals surface area contributed by atoms with Gasteiger partial charge in [-0.15, -0.1) is 0 Å². The molecule has 0 radical (unpaired) electrons. The van der Waals surface area contributed by atoms with Gasteiger partial charge in [0.15, 0.2) is 5.76 Å². The first-order valence-corrected chi connectivity index (χ1v) is 8.85. The average Bonchev–Trinajstić information content (AvgIpc) is 3.44. The second kappa shape index (κ2) is 8.22. The van der Waals surface area contributed by atoms with Crippen LogP contribution in [0.4, 0.5) is 11.4 Å². The molecule has 0 aliphatic carbocycles. The van der Waals surface area contributed by atoms with Gasteiger partial charge in [0.05, 0.1) is 12.8 Å². The van der Waals surface area contributed by atoms with Crippen molar-refractivity contribution < 1.29 is 14.0 Å². The Balaban J connectivity index is 1.40. The highest BCUT2D eigenvalue weighted by atomic mass is 16.3. The Labute approximate surface area is 166 Å². The smallest absolute Gasteiger partial charge is 0.291 e. The van der Waals surface area contributed by atoms with Crippen molar-refractivity contribution in [2.45, 2.75) is 6.54 Å². The molecule has 2 amide bonds. The first kappa shape index (κ1) is 18.2. The van der Waals surface area contributed by atoms with Crippen molar-refractivity contribution in [1.29, 1.82) is 0 Å². The molecule has 8 nitrogen and oxygen atoms in total. The Morgan fingerprint density at radius 3 is 2.48 bits per heavy atom. The largest absolute Gasteiger partial charge is 0.459 e. The molecule has 0 atom stereocenters. The summed E-state index contributed by atoms with van der Waals surface area (Å²) in [5, 5.41) is 9.62. The lowest BCUT2D eigenvalue weighted by atomic mass is 10.1. The minimum absolute atomic E-state index is 0.200. The lowest BCUT2D eigenvalue weighted by Crippen LogP contribution is -2.14. The van der Waals surface area contributed by atoms with E-state index in [1.165, 1.54) is 12.6 Å². The first-order chi connectivity index (χ1) is 14.2. The topological polar surface area (TPSA) is 102 Å². The van der Waals surface area contributed by atoms with Gasteiger partial charge >= 0.3 is 0 Å². The van der Waals surface area contributed by atoms with Gasteiger partial charge in [-0.25, -0.2) is 9.67 Å². The monoisotopic (exact) mass is 387 g/mol. The summed E-state index contributed by atoms with van der Waals surface area (Å²) < 4.78 is 6.78. The van der Waals surface area contributed by atoms with Crippen molar-refractivity contribution in [1.82, 2.24) is 14.8 Å². The van der Waals surface area contributed by atoms with Gasteiger partial charge in [-0.3, -0.25) is 9.59 Å². The molecule has 29 heavy (non-hydrogen) atoms. The molecule has 2 heterocycles. The molecule has 0 unspecified atom stereocenters. The van der Waals surface area contributed by atoms with E-state index in [0.717, 1.165) is 5.56 Å². The Hall–Kier alpha value is -4.20. The summed E-state index contributed by atoms with van der Waals surface area (Å²) >= 11 is 0. The number of benzene rings is 2. The SMILES string of the molecule is O=C(Nc1ccc(Cn2cncn2)cc1)c1cccc(NC(=O)c2ccco2)c1. The van der Waals surface area contributed by atoms with Crippen molar-refractivity contribution in [3.05, 3.63) is 96.5 Å². The summed E-state index contributed by atoms with van der Waals surface area (Å²) in [6, 6.07) is 17.4. The number of amides is 2. The zero-order valence-corrected chi connectivity index (χ0v) is 15.3. The van der Waals surface area contributed by atoms with E-state index in [9.17, 15) is 9.59 Å². The molecule has 2 N–H and O–H groups in total. The van der Waals surface area contributed by atoms with E-state index in [1.807, 2.05) is 24.3 Å². The third-order valence-corrected chi connectivity index (χ3v) is 4.15. The van der Waals surface area contributed by atoms with E-state index in [4.69, 9.17) is 4.42 Å². The first-order valence-electron chi connectivity index (χ1n) is 8.85. The average molecular weight is 387 g/mol. The molecule has 0 saturated heterocycles. The van der Waals surface area contributed by atoms with Gasteiger partial charge in [0.2, 0.25) is 0 Å². The predicted octanol–water partition coefficient (Wildman–Crippen LogP) is 3.42. The maximum Gasteiger partial charge on any atom is 0.291 e. The summed E-state index contributed by atoms with van der Waals surface area (Å²) in [4.78, 5) is 28.5. The summed E-state index contributed by atoms with van der Waals surface area (Å²) in [6.07, 6.45) is 4.56. The molecular formula is C21H17N5O3. The zero-order valence-electron chi connectivity index (χ0n) is 15.3.